The van der Waals surface area contributed by atoms with Gasteiger partial charge in [-0.3, -0.25) is 9.13 Å². The van der Waals surface area contributed by atoms with E-state index in [2.05, 4.69) is 17.2 Å². The van der Waals surface area contributed by atoms with E-state index in [0.29, 0.717) is 6.42 Å². The topological polar surface area (TPSA) is 87.0 Å². The van der Waals surface area contributed by atoms with Crippen molar-refractivity contribution in [2.75, 3.05) is 13.0 Å². The molecule has 3 unspecified atom stereocenters. The molecule has 0 bridgehead atoms. The lowest BCUT2D eigenvalue weighted by Gasteiger charge is -2.23. The summed E-state index contributed by atoms with van der Waals surface area (Å²) in [6.45, 7) is 2.88. The molecular weight excluding hydrogens is 256 g/mol. The number of nitrogens with zero attached hydrogens (tertiary/aromatic N) is 1. The lowest BCUT2D eigenvalue weighted by Crippen LogP contribution is -2.10. The van der Waals surface area contributed by atoms with Crippen LogP contribution < -0.4 is 0 Å². The smallest absolute Gasteiger partial charge is 0.234 e. The molecule has 3 atom stereocenters. The van der Waals surface area contributed by atoms with E-state index in [1.54, 1.807) is 6.92 Å². The Morgan fingerprint density at radius 2 is 2.00 bits per heavy atom. The Kier molecular flexibility index (Phi) is 6.12. The first-order valence-electron chi connectivity index (χ1n) is 4.40. The quantitative estimate of drug-likeness (QED) is 0.440. The van der Waals surface area contributed by atoms with Crippen molar-refractivity contribution in [3.05, 3.63) is 0 Å². The van der Waals surface area contributed by atoms with Gasteiger partial charge in [-0.15, -0.1) is 0 Å². The molecule has 0 aromatic heterocycles. The van der Waals surface area contributed by atoms with Crippen molar-refractivity contribution in [3.63, 3.8) is 0 Å². The lowest BCUT2D eigenvalue weighted by molar-refractivity contribution is 0.448. The molecule has 88 valence electrons. The van der Waals surface area contributed by atoms with Gasteiger partial charge in [-0.05, 0) is 18.6 Å². The fourth-order valence-electron chi connectivity index (χ4n) is 1.26. The average Bonchev–Trinajstić information content (AvgIpc) is 2.09. The first kappa shape index (κ1) is 15.2. The van der Waals surface area contributed by atoms with E-state index in [0.717, 1.165) is 6.66 Å². The number of rotatable bonds is 6. The molecule has 8 heteroatoms. The summed E-state index contributed by atoms with van der Waals surface area (Å²) in [7, 11) is -7.36. The number of hydrogen-bond donors (Lipinski definition) is 2. The molecule has 0 aliphatic carbocycles. The van der Waals surface area contributed by atoms with E-state index in [-0.39, 0.29) is 6.42 Å². The standard InChI is InChI=1S/C7H15NO4P2S/c1-3-4-7(13(2,9)10)14(11,12)5-8-6-15/h7H,3-5H2,1-2H3,(H,9,10)(H,11,12). The van der Waals surface area contributed by atoms with Crippen LogP contribution in [-0.2, 0) is 9.13 Å². The molecule has 0 amide bonds. The molecule has 0 aromatic rings. The van der Waals surface area contributed by atoms with Gasteiger partial charge in [0.1, 0.15) is 11.7 Å². The Labute approximate surface area is 94.5 Å². The van der Waals surface area contributed by atoms with E-state index in [4.69, 9.17) is 0 Å². The molecule has 0 spiro atoms. The fraction of sp³-hybridized carbons (Fsp3) is 0.857. The SMILES string of the molecule is CCCC(P(C)(=O)O)P(=O)(O)CN=C=S. The maximum absolute atomic E-state index is 11.8. The van der Waals surface area contributed by atoms with Crippen LogP contribution in [0.15, 0.2) is 4.99 Å². The predicted octanol–water partition coefficient (Wildman–Crippen LogP) is 2.34. The molecule has 5 nitrogen and oxygen atoms in total. The van der Waals surface area contributed by atoms with Gasteiger partial charge in [0.05, 0.1) is 5.16 Å². The second kappa shape index (κ2) is 6.05. The molecule has 0 saturated carbocycles. The third kappa shape index (κ3) is 5.17. The molecule has 0 saturated heterocycles. The third-order valence-corrected chi connectivity index (χ3v) is 7.50. The van der Waals surface area contributed by atoms with Crippen LogP contribution >= 0.6 is 27.0 Å². The minimum Gasteiger partial charge on any atom is -0.344 e. The minimum absolute atomic E-state index is 0.227. The van der Waals surface area contributed by atoms with Crippen molar-refractivity contribution in [1.82, 2.24) is 0 Å². The average molecular weight is 271 g/mol. The zero-order chi connectivity index (χ0) is 12.1. The second-order valence-electron chi connectivity index (χ2n) is 3.36. The van der Waals surface area contributed by atoms with E-state index in [1.807, 2.05) is 5.16 Å². The van der Waals surface area contributed by atoms with Gasteiger partial charge < -0.3 is 9.79 Å². The van der Waals surface area contributed by atoms with Gasteiger partial charge in [-0.1, -0.05) is 13.3 Å². The van der Waals surface area contributed by atoms with Gasteiger partial charge in [0, 0.05) is 6.66 Å². The van der Waals surface area contributed by atoms with Crippen LogP contribution in [0.4, 0.5) is 0 Å². The van der Waals surface area contributed by atoms with Gasteiger partial charge in [-0.2, -0.15) is 0 Å². The van der Waals surface area contributed by atoms with Gasteiger partial charge >= 0.3 is 0 Å². The Bertz CT molecular complexity index is 347. The van der Waals surface area contributed by atoms with Gasteiger partial charge in [0.15, 0.2) is 0 Å². The zero-order valence-corrected chi connectivity index (χ0v) is 11.3. The van der Waals surface area contributed by atoms with E-state index in [9.17, 15) is 18.9 Å². The maximum atomic E-state index is 11.8. The van der Waals surface area contributed by atoms with Gasteiger partial charge in [0.25, 0.3) is 0 Å². The summed E-state index contributed by atoms with van der Waals surface area (Å²) in [5, 5.41) is 0.868. The third-order valence-electron chi connectivity index (χ3n) is 1.90. The van der Waals surface area contributed by atoms with Crippen LogP contribution in [0, 0.1) is 0 Å². The van der Waals surface area contributed by atoms with Crippen LogP contribution in [-0.4, -0.2) is 33.3 Å². The highest BCUT2D eigenvalue weighted by molar-refractivity contribution is 7.78. The molecule has 0 aromatic carbocycles. The summed E-state index contributed by atoms with van der Waals surface area (Å²) in [5.41, 5.74) is 0. The van der Waals surface area contributed by atoms with Crippen LogP contribution in [0.3, 0.4) is 0 Å². The molecule has 0 fully saturated rings. The molecule has 0 heterocycles. The summed E-state index contributed by atoms with van der Waals surface area (Å²) < 4.78 is 23.2. The van der Waals surface area contributed by atoms with E-state index >= 15 is 0 Å². The highest BCUT2D eigenvalue weighted by Crippen LogP contribution is 2.64. The second-order valence-corrected chi connectivity index (χ2v) is 8.88. The number of isothiocyanates is 1. The predicted molar refractivity (Wildman–Crippen MR) is 64.2 cm³/mol. The minimum atomic E-state index is -3.77. The number of thiocarbonyl (C=S) groups is 1. The summed E-state index contributed by atoms with van der Waals surface area (Å²) in [6.07, 6.45) is 0.361. The van der Waals surface area contributed by atoms with Crippen LogP contribution in [0.1, 0.15) is 19.8 Å². The van der Waals surface area contributed by atoms with Crippen molar-refractivity contribution in [2.24, 2.45) is 4.99 Å². The highest BCUT2D eigenvalue weighted by atomic mass is 32.1. The largest absolute Gasteiger partial charge is 0.344 e. The normalized spacial score (nSPS) is 20.8. The van der Waals surface area contributed by atoms with Crippen molar-refractivity contribution >= 4 is 32.1 Å². The number of hydrogen-bond acceptors (Lipinski definition) is 4. The summed E-state index contributed by atoms with van der Waals surface area (Å²) >= 11 is 4.28. The molecular formula is C7H15NO4P2S. The lowest BCUT2D eigenvalue weighted by atomic mass is 10.4. The summed E-state index contributed by atoms with van der Waals surface area (Å²) in [5.74, 6) is 0. The monoisotopic (exact) mass is 271 g/mol. The van der Waals surface area contributed by atoms with Crippen LogP contribution in [0.5, 0.6) is 0 Å². The van der Waals surface area contributed by atoms with E-state index < -0.39 is 26.4 Å². The Morgan fingerprint density at radius 1 is 1.47 bits per heavy atom. The van der Waals surface area contributed by atoms with Crippen LogP contribution in [0.2, 0.25) is 0 Å². The molecule has 0 radical (unpaired) electrons. The summed E-state index contributed by atoms with van der Waals surface area (Å²) in [6, 6.07) is 0. The molecule has 0 rings (SSSR count). The van der Waals surface area contributed by atoms with Crippen LogP contribution in [0.25, 0.3) is 0 Å². The van der Waals surface area contributed by atoms with Crippen molar-refractivity contribution < 1.29 is 18.9 Å². The molecule has 15 heavy (non-hydrogen) atoms. The Morgan fingerprint density at radius 3 is 2.33 bits per heavy atom. The Hall–Kier alpha value is 0.180. The zero-order valence-electron chi connectivity index (χ0n) is 8.66. The molecule has 0 aliphatic heterocycles. The maximum Gasteiger partial charge on any atom is 0.234 e. The fourth-order valence-corrected chi connectivity index (χ4v) is 6.18. The van der Waals surface area contributed by atoms with Crippen molar-refractivity contribution in [3.8, 4) is 0 Å². The summed E-state index contributed by atoms with van der Waals surface area (Å²) in [4.78, 5) is 22.4. The molecule has 2 N–H and O–H groups in total. The highest BCUT2D eigenvalue weighted by Gasteiger charge is 2.40. The number of aliphatic imine (C=N–C) groups is 1. The Balaban J connectivity index is 4.98. The molecule has 0 aliphatic rings. The van der Waals surface area contributed by atoms with Gasteiger partial charge in [0.2, 0.25) is 14.7 Å². The van der Waals surface area contributed by atoms with Gasteiger partial charge in [-0.25, -0.2) is 4.99 Å². The van der Waals surface area contributed by atoms with E-state index in [1.165, 1.54) is 0 Å². The first-order valence-corrected chi connectivity index (χ1v) is 8.90. The first-order chi connectivity index (χ1) is 6.75. The van der Waals surface area contributed by atoms with Crippen molar-refractivity contribution in [2.45, 2.75) is 25.2 Å². The van der Waals surface area contributed by atoms with Crippen molar-refractivity contribution in [1.29, 1.82) is 0 Å².